The number of nitrogens with zero attached hydrogens (tertiary/aromatic N) is 2. The van der Waals surface area contributed by atoms with Crippen LogP contribution in [0.2, 0.25) is 0 Å². The molecule has 0 amide bonds. The van der Waals surface area contributed by atoms with Crippen molar-refractivity contribution in [2.75, 3.05) is 55.1 Å². The quantitative estimate of drug-likeness (QED) is 0.422. The first kappa shape index (κ1) is 28.4. The Bertz CT molecular complexity index is 921. The first-order valence-corrected chi connectivity index (χ1v) is 15.0. The van der Waals surface area contributed by atoms with Gasteiger partial charge in [0.05, 0.1) is 11.5 Å². The van der Waals surface area contributed by atoms with Crippen LogP contribution in [0.5, 0.6) is 0 Å². The zero-order valence-electron chi connectivity index (χ0n) is 20.0. The molecule has 2 unspecified atom stereocenters. The highest BCUT2D eigenvalue weighted by Crippen LogP contribution is 2.36. The molecule has 1 N–H and O–H groups in total. The third kappa shape index (κ3) is 7.45. The van der Waals surface area contributed by atoms with Crippen LogP contribution in [0.15, 0.2) is 24.3 Å². The van der Waals surface area contributed by atoms with Crippen LogP contribution in [-0.2, 0) is 29.9 Å². The zero-order valence-corrected chi connectivity index (χ0v) is 21.7. The molecule has 2 atom stereocenters. The van der Waals surface area contributed by atoms with Crippen molar-refractivity contribution in [3.05, 3.63) is 29.8 Å². The molecule has 184 valence electrons. The highest BCUT2D eigenvalue weighted by atomic mass is 32.2. The van der Waals surface area contributed by atoms with Crippen molar-refractivity contribution in [3.63, 3.8) is 0 Å². The maximum atomic E-state index is 12.5. The summed E-state index contributed by atoms with van der Waals surface area (Å²) >= 11 is 0. The van der Waals surface area contributed by atoms with Gasteiger partial charge in [0.2, 0.25) is 0 Å². The minimum Gasteiger partial charge on any atom is -0.481 e. The number of anilines is 1. The fourth-order valence-corrected chi connectivity index (χ4v) is 5.27. The summed E-state index contributed by atoms with van der Waals surface area (Å²) in [7, 11) is -6.46. The number of rotatable bonds is 14. The number of likely N-dealkylation sites (N-methyl/N-ethyl adjacent to an activating group) is 1. The van der Waals surface area contributed by atoms with Crippen molar-refractivity contribution >= 4 is 31.3 Å². The van der Waals surface area contributed by atoms with E-state index in [1.165, 1.54) is 0 Å². The molecular formula is C22H38N2O6S2. The maximum absolute atomic E-state index is 12.5. The first-order valence-electron chi connectivity index (χ1n) is 10.9. The molecule has 10 heteroatoms. The van der Waals surface area contributed by atoms with E-state index in [-0.39, 0.29) is 30.6 Å². The minimum absolute atomic E-state index is 0.106. The average Bonchev–Trinajstić information content (AvgIpc) is 2.69. The Morgan fingerprint density at radius 2 is 1.38 bits per heavy atom. The summed E-state index contributed by atoms with van der Waals surface area (Å²) in [6.45, 7) is 9.59. The van der Waals surface area contributed by atoms with Gasteiger partial charge in [-0.1, -0.05) is 32.9 Å². The SMILES string of the molecule is CCN(CC)C(C)C(CC)(C(=O)O)c1ccc(N(CCS(C)(=O)=O)CCS(C)(=O)=O)cc1. The lowest BCUT2D eigenvalue weighted by molar-refractivity contribution is -0.147. The summed E-state index contributed by atoms with van der Waals surface area (Å²) in [6, 6.07) is 6.80. The smallest absolute Gasteiger partial charge is 0.315 e. The summed E-state index contributed by atoms with van der Waals surface area (Å²) < 4.78 is 46.6. The number of benzene rings is 1. The first-order chi connectivity index (χ1) is 14.7. The Hall–Kier alpha value is -1.65. The molecule has 0 aliphatic rings. The lowest BCUT2D eigenvalue weighted by Gasteiger charge is -2.41. The van der Waals surface area contributed by atoms with Crippen LogP contribution in [0.1, 0.15) is 39.7 Å². The molecule has 0 aliphatic carbocycles. The molecule has 0 spiro atoms. The van der Waals surface area contributed by atoms with Gasteiger partial charge in [0.25, 0.3) is 0 Å². The largest absolute Gasteiger partial charge is 0.481 e. The number of aliphatic carboxylic acids is 1. The summed E-state index contributed by atoms with van der Waals surface area (Å²) in [5.74, 6) is -1.10. The van der Waals surface area contributed by atoms with Crippen LogP contribution in [-0.4, -0.2) is 89.0 Å². The summed E-state index contributed by atoms with van der Waals surface area (Å²) in [4.78, 5) is 16.3. The number of hydrogen-bond donors (Lipinski definition) is 1. The van der Waals surface area contributed by atoms with E-state index in [4.69, 9.17) is 0 Å². The number of carboxylic acid groups (broad SMARTS) is 1. The second-order valence-corrected chi connectivity index (χ2v) is 12.8. The van der Waals surface area contributed by atoms with Crippen molar-refractivity contribution in [1.29, 1.82) is 0 Å². The van der Waals surface area contributed by atoms with Crippen LogP contribution in [0.3, 0.4) is 0 Å². The Labute approximate surface area is 193 Å². The molecule has 1 aromatic carbocycles. The summed E-state index contributed by atoms with van der Waals surface area (Å²) in [5.41, 5.74) is 0.225. The van der Waals surface area contributed by atoms with E-state index in [1.807, 2.05) is 27.7 Å². The van der Waals surface area contributed by atoms with Crippen molar-refractivity contribution in [2.45, 2.75) is 45.6 Å². The van der Waals surface area contributed by atoms with Gasteiger partial charge >= 0.3 is 5.97 Å². The van der Waals surface area contributed by atoms with Gasteiger partial charge in [-0.2, -0.15) is 0 Å². The van der Waals surface area contributed by atoms with E-state index in [0.717, 1.165) is 25.6 Å². The highest BCUT2D eigenvalue weighted by Gasteiger charge is 2.45. The number of hydrogen-bond acceptors (Lipinski definition) is 7. The Balaban J connectivity index is 3.37. The van der Waals surface area contributed by atoms with E-state index < -0.39 is 31.1 Å². The molecule has 0 saturated carbocycles. The van der Waals surface area contributed by atoms with Gasteiger partial charge in [-0.15, -0.1) is 0 Å². The fraction of sp³-hybridized carbons (Fsp3) is 0.682. The lowest BCUT2D eigenvalue weighted by Crippen LogP contribution is -2.53. The van der Waals surface area contributed by atoms with Gasteiger partial charge in [-0.05, 0) is 44.1 Å². The van der Waals surface area contributed by atoms with Crippen molar-refractivity contribution < 1.29 is 26.7 Å². The molecule has 1 aromatic rings. The Kier molecular flexibility index (Phi) is 10.2. The molecule has 0 aromatic heterocycles. The van der Waals surface area contributed by atoms with Crippen LogP contribution in [0.4, 0.5) is 5.69 Å². The zero-order chi connectivity index (χ0) is 24.7. The normalized spacial score (nSPS) is 15.3. The number of carbonyl (C=O) groups is 1. The molecule has 1 rings (SSSR count). The Morgan fingerprint density at radius 3 is 1.69 bits per heavy atom. The van der Waals surface area contributed by atoms with Gasteiger partial charge in [0.15, 0.2) is 0 Å². The van der Waals surface area contributed by atoms with E-state index in [2.05, 4.69) is 4.90 Å². The third-order valence-corrected chi connectivity index (χ3v) is 8.07. The predicted octanol–water partition coefficient (Wildman–Crippen LogP) is 2.04. The lowest BCUT2D eigenvalue weighted by atomic mass is 9.72. The molecular weight excluding hydrogens is 452 g/mol. The van der Waals surface area contributed by atoms with Crippen LogP contribution in [0.25, 0.3) is 0 Å². The standard InChI is InChI=1S/C22H38N2O6S2/c1-7-22(21(25)26,18(4)23(8-2)9-3)19-10-12-20(13-11-19)24(14-16-31(5,27)28)15-17-32(6,29)30/h10-13,18H,7-9,14-17H2,1-6H3,(H,25,26). The van der Waals surface area contributed by atoms with E-state index in [1.54, 1.807) is 29.2 Å². The van der Waals surface area contributed by atoms with Crippen LogP contribution in [0, 0.1) is 0 Å². The van der Waals surface area contributed by atoms with Crippen molar-refractivity contribution in [3.8, 4) is 0 Å². The van der Waals surface area contributed by atoms with Gasteiger partial charge in [0, 0.05) is 37.3 Å². The molecule has 0 bridgehead atoms. The second kappa shape index (κ2) is 11.5. The molecule has 0 radical (unpaired) electrons. The van der Waals surface area contributed by atoms with E-state index in [9.17, 15) is 26.7 Å². The van der Waals surface area contributed by atoms with Gasteiger partial charge < -0.3 is 10.0 Å². The predicted molar refractivity (Wildman–Crippen MR) is 130 cm³/mol. The van der Waals surface area contributed by atoms with E-state index in [0.29, 0.717) is 17.7 Å². The molecule has 8 nitrogen and oxygen atoms in total. The molecule has 32 heavy (non-hydrogen) atoms. The number of sulfone groups is 2. The number of carboxylic acids is 1. The fourth-order valence-electron chi connectivity index (χ4n) is 4.17. The topological polar surface area (TPSA) is 112 Å². The molecule has 0 saturated heterocycles. The summed E-state index contributed by atoms with van der Waals surface area (Å²) in [6.07, 6.45) is 2.69. The highest BCUT2D eigenvalue weighted by molar-refractivity contribution is 7.90. The minimum atomic E-state index is -3.23. The van der Waals surface area contributed by atoms with Gasteiger partial charge in [-0.25, -0.2) is 16.8 Å². The third-order valence-electron chi connectivity index (χ3n) is 6.22. The van der Waals surface area contributed by atoms with Crippen LogP contribution < -0.4 is 4.90 Å². The molecule has 0 heterocycles. The average molecular weight is 491 g/mol. The van der Waals surface area contributed by atoms with Crippen molar-refractivity contribution in [2.24, 2.45) is 0 Å². The second-order valence-electron chi connectivity index (χ2n) is 8.32. The van der Waals surface area contributed by atoms with Crippen LogP contribution >= 0.6 is 0 Å². The Morgan fingerprint density at radius 1 is 0.938 bits per heavy atom. The monoisotopic (exact) mass is 490 g/mol. The van der Waals surface area contributed by atoms with Gasteiger partial charge in [-0.3, -0.25) is 9.69 Å². The molecule has 0 fully saturated rings. The van der Waals surface area contributed by atoms with E-state index >= 15 is 0 Å². The molecule has 0 aliphatic heterocycles. The maximum Gasteiger partial charge on any atom is 0.315 e. The van der Waals surface area contributed by atoms with Gasteiger partial charge in [0.1, 0.15) is 25.1 Å². The summed E-state index contributed by atoms with van der Waals surface area (Å²) in [5, 5.41) is 10.2. The van der Waals surface area contributed by atoms with Crippen molar-refractivity contribution in [1.82, 2.24) is 4.90 Å².